The molecule has 0 aliphatic heterocycles. The molecule has 2 aliphatic carbocycles. The number of nitrogens with two attached hydrogens (primary N) is 1. The second-order valence-corrected chi connectivity index (χ2v) is 9.71. The Bertz CT molecular complexity index is 1010. The Labute approximate surface area is 223 Å². The van der Waals surface area contributed by atoms with Crippen LogP contribution in [-0.4, -0.2) is 84.7 Å². The lowest BCUT2D eigenvalue weighted by atomic mass is 9.95. The maximum atomic E-state index is 12.4. The van der Waals surface area contributed by atoms with E-state index in [1.165, 1.54) is 19.3 Å². The number of nitrogens with zero attached hydrogens (tertiary/aromatic N) is 3. The minimum Gasteiger partial charge on any atom is -0.396 e. The molecule has 4 rings (SSSR count). The van der Waals surface area contributed by atoms with Crippen LogP contribution in [0, 0.1) is 11.8 Å². The van der Waals surface area contributed by atoms with Gasteiger partial charge in [0.25, 0.3) is 5.91 Å². The van der Waals surface area contributed by atoms with Crippen molar-refractivity contribution in [1.29, 1.82) is 0 Å². The second kappa shape index (κ2) is 14.8. The van der Waals surface area contributed by atoms with Gasteiger partial charge in [-0.1, -0.05) is 6.42 Å². The van der Waals surface area contributed by atoms with Crippen molar-refractivity contribution in [2.45, 2.75) is 38.1 Å². The van der Waals surface area contributed by atoms with E-state index >= 15 is 0 Å². The van der Waals surface area contributed by atoms with Gasteiger partial charge in [-0.05, 0) is 61.8 Å². The predicted octanol–water partition coefficient (Wildman–Crippen LogP) is 1.73. The van der Waals surface area contributed by atoms with Gasteiger partial charge in [0.1, 0.15) is 0 Å². The van der Waals surface area contributed by atoms with Crippen LogP contribution in [0.3, 0.4) is 0 Å². The first-order chi connectivity index (χ1) is 18.6. The number of fused-ring (bicyclic) bond motifs is 2. The Morgan fingerprint density at radius 2 is 1.71 bits per heavy atom. The van der Waals surface area contributed by atoms with E-state index in [1.807, 2.05) is 12.1 Å². The highest BCUT2D eigenvalue weighted by molar-refractivity contribution is 5.94. The second-order valence-electron chi connectivity index (χ2n) is 9.71. The van der Waals surface area contributed by atoms with Crippen LogP contribution in [0.5, 0.6) is 0 Å². The first-order valence-electron chi connectivity index (χ1n) is 13.5. The van der Waals surface area contributed by atoms with E-state index in [0.717, 1.165) is 18.0 Å². The Morgan fingerprint density at radius 1 is 0.947 bits per heavy atom. The highest BCUT2D eigenvalue weighted by Crippen LogP contribution is 2.45. The van der Waals surface area contributed by atoms with Crippen LogP contribution >= 0.6 is 0 Å². The summed E-state index contributed by atoms with van der Waals surface area (Å²) in [4.78, 5) is 26.1. The number of carbonyl (C=O) groups excluding carboxylic acids is 1. The zero-order valence-corrected chi connectivity index (χ0v) is 21.8. The number of hydrogen-bond acceptors (Lipinski definition) is 11. The zero-order chi connectivity index (χ0) is 26.6. The summed E-state index contributed by atoms with van der Waals surface area (Å²) in [5.74, 6) is 2.71. The third-order valence-electron chi connectivity index (χ3n) is 6.88. The van der Waals surface area contributed by atoms with Crippen LogP contribution < -0.4 is 27.0 Å². The third-order valence-corrected chi connectivity index (χ3v) is 6.88. The van der Waals surface area contributed by atoms with Gasteiger partial charge in [0.2, 0.25) is 17.8 Å². The number of carbonyl (C=O) groups is 1. The lowest BCUT2D eigenvalue weighted by Crippen LogP contribution is -2.27. The molecule has 3 unspecified atom stereocenters. The quantitative estimate of drug-likeness (QED) is 0.165. The smallest absolute Gasteiger partial charge is 0.251 e. The summed E-state index contributed by atoms with van der Waals surface area (Å²) in [6.45, 7) is 3.42. The summed E-state index contributed by atoms with van der Waals surface area (Å²) >= 11 is 0. The van der Waals surface area contributed by atoms with Crippen molar-refractivity contribution in [3.63, 3.8) is 0 Å². The van der Waals surface area contributed by atoms with Gasteiger partial charge in [-0.15, -0.1) is 0 Å². The van der Waals surface area contributed by atoms with Crippen molar-refractivity contribution in [1.82, 2.24) is 20.3 Å². The lowest BCUT2D eigenvalue weighted by Gasteiger charge is -2.23. The molecule has 1 aromatic carbocycles. The molecule has 1 heterocycles. The van der Waals surface area contributed by atoms with Crippen LogP contribution in [0.1, 0.15) is 42.5 Å². The van der Waals surface area contributed by atoms with E-state index in [4.69, 9.17) is 20.3 Å². The number of rotatable bonds is 17. The van der Waals surface area contributed by atoms with Crippen molar-refractivity contribution in [2.24, 2.45) is 17.6 Å². The molecule has 2 aliphatic rings. The number of amides is 1. The average molecular weight is 529 g/mol. The van der Waals surface area contributed by atoms with Gasteiger partial charge < -0.3 is 41.6 Å². The summed E-state index contributed by atoms with van der Waals surface area (Å²) in [5, 5.41) is 21.9. The Hall–Kier alpha value is -3.06. The van der Waals surface area contributed by atoms with Gasteiger partial charge in [-0.2, -0.15) is 15.0 Å². The van der Waals surface area contributed by atoms with E-state index in [0.29, 0.717) is 87.9 Å². The standard InChI is InChI=1S/C26H40N8O4/c27-8-12-37-14-15-38-13-10-28-23(36)19-4-6-21(7-5-19)30-25-32-24(29-9-1-11-35)33-26(34-25)31-22-17-18-2-3-20(22)16-18/h4-7,18,20,22,35H,1-3,8-17,27H2,(H,28,36)(H3,29,30,31,32,33,34). The maximum absolute atomic E-state index is 12.4. The van der Waals surface area contributed by atoms with Crippen molar-refractivity contribution in [3.05, 3.63) is 29.8 Å². The zero-order valence-electron chi connectivity index (χ0n) is 21.8. The molecule has 2 fully saturated rings. The Morgan fingerprint density at radius 3 is 2.42 bits per heavy atom. The number of hydrogen-bond donors (Lipinski definition) is 6. The van der Waals surface area contributed by atoms with E-state index in [2.05, 4.69) is 36.2 Å². The molecule has 2 bridgehead atoms. The summed E-state index contributed by atoms with van der Waals surface area (Å²) in [6, 6.07) is 7.50. The van der Waals surface area contributed by atoms with E-state index in [1.54, 1.807) is 12.1 Å². The fourth-order valence-electron chi connectivity index (χ4n) is 5.02. The molecule has 7 N–H and O–H groups in total. The van der Waals surface area contributed by atoms with Crippen molar-refractivity contribution < 1.29 is 19.4 Å². The maximum Gasteiger partial charge on any atom is 0.251 e. The molecule has 12 nitrogen and oxygen atoms in total. The lowest BCUT2D eigenvalue weighted by molar-refractivity contribution is 0.0511. The van der Waals surface area contributed by atoms with Gasteiger partial charge in [0, 0.05) is 43.5 Å². The molecule has 1 amide bonds. The number of benzene rings is 1. The van der Waals surface area contributed by atoms with Crippen LogP contribution in [0.25, 0.3) is 0 Å². The van der Waals surface area contributed by atoms with Gasteiger partial charge in [-0.25, -0.2) is 0 Å². The van der Waals surface area contributed by atoms with Crippen molar-refractivity contribution in [2.75, 3.05) is 68.6 Å². The van der Waals surface area contributed by atoms with Crippen LogP contribution in [0.15, 0.2) is 24.3 Å². The third kappa shape index (κ3) is 8.48. The molecule has 2 aromatic rings. The van der Waals surface area contributed by atoms with Gasteiger partial charge in [0.15, 0.2) is 0 Å². The van der Waals surface area contributed by atoms with E-state index in [-0.39, 0.29) is 12.5 Å². The topological polar surface area (TPSA) is 169 Å². The fourth-order valence-corrected chi connectivity index (χ4v) is 5.02. The molecular weight excluding hydrogens is 488 g/mol. The first kappa shape index (κ1) is 28.0. The SMILES string of the molecule is NCCOCCOCCNC(=O)c1ccc(Nc2nc(NCCCO)nc(NC3CC4CCC3C4)n2)cc1. The minimum atomic E-state index is -0.174. The summed E-state index contributed by atoms with van der Waals surface area (Å²) in [6.07, 6.45) is 5.63. The van der Waals surface area contributed by atoms with E-state index in [9.17, 15) is 4.79 Å². The Balaban J connectivity index is 1.29. The first-order valence-corrected chi connectivity index (χ1v) is 13.5. The predicted molar refractivity (Wildman–Crippen MR) is 146 cm³/mol. The van der Waals surface area contributed by atoms with Crippen LogP contribution in [0.2, 0.25) is 0 Å². The van der Waals surface area contributed by atoms with Crippen molar-refractivity contribution >= 4 is 29.4 Å². The van der Waals surface area contributed by atoms with Gasteiger partial charge in [0.05, 0.1) is 26.4 Å². The summed E-state index contributed by atoms with van der Waals surface area (Å²) < 4.78 is 10.7. The average Bonchev–Trinajstić information content (AvgIpc) is 3.54. The number of anilines is 4. The number of aliphatic hydroxyl groups is 1. The molecule has 12 heteroatoms. The number of aromatic nitrogens is 3. The highest BCUT2D eigenvalue weighted by Gasteiger charge is 2.39. The summed E-state index contributed by atoms with van der Waals surface area (Å²) in [7, 11) is 0. The molecule has 0 spiro atoms. The number of ether oxygens (including phenoxy) is 2. The normalized spacial score (nSPS) is 19.9. The monoisotopic (exact) mass is 528 g/mol. The van der Waals surface area contributed by atoms with Gasteiger partial charge >= 0.3 is 0 Å². The molecular formula is C26H40N8O4. The van der Waals surface area contributed by atoms with Crippen LogP contribution in [-0.2, 0) is 9.47 Å². The summed E-state index contributed by atoms with van der Waals surface area (Å²) in [5.41, 5.74) is 6.65. The highest BCUT2D eigenvalue weighted by atomic mass is 16.5. The molecule has 0 saturated heterocycles. The molecule has 1 aromatic heterocycles. The van der Waals surface area contributed by atoms with Crippen LogP contribution in [0.4, 0.5) is 23.5 Å². The Kier molecular flexibility index (Phi) is 10.9. The molecule has 3 atom stereocenters. The molecule has 0 radical (unpaired) electrons. The largest absolute Gasteiger partial charge is 0.396 e. The molecule has 2 saturated carbocycles. The van der Waals surface area contributed by atoms with Crippen molar-refractivity contribution in [3.8, 4) is 0 Å². The molecule has 38 heavy (non-hydrogen) atoms. The molecule has 208 valence electrons. The van der Waals surface area contributed by atoms with Gasteiger partial charge in [-0.3, -0.25) is 4.79 Å². The number of aliphatic hydroxyl groups excluding tert-OH is 1. The number of nitrogens with one attached hydrogen (secondary N) is 4. The fraction of sp³-hybridized carbons (Fsp3) is 0.615. The minimum absolute atomic E-state index is 0.0938. The van der Waals surface area contributed by atoms with E-state index < -0.39 is 0 Å².